The lowest BCUT2D eigenvalue weighted by molar-refractivity contribution is 0.411. The van der Waals surface area contributed by atoms with E-state index >= 15 is 0 Å². The summed E-state index contributed by atoms with van der Waals surface area (Å²) in [5, 5.41) is 7.25. The Morgan fingerprint density at radius 3 is 2.39 bits per heavy atom. The normalized spacial score (nSPS) is 10.5. The molecular weight excluding hydrogens is 557 g/mol. The fraction of sp³-hybridized carbons (Fsp3) is 0.158. The molecule has 0 amide bonds. The number of nitrogens with zero attached hydrogens (tertiary/aromatic N) is 5. The van der Waals surface area contributed by atoms with Gasteiger partial charge in [0.1, 0.15) is 11.6 Å². The average molecular weight is 576 g/mol. The van der Waals surface area contributed by atoms with Crippen LogP contribution in [-0.2, 0) is 0 Å². The van der Waals surface area contributed by atoms with Gasteiger partial charge >= 0.3 is 0 Å². The molecule has 0 spiro atoms. The molecule has 3 aromatic rings. The molecule has 0 aliphatic rings. The molecule has 0 fully saturated rings. The van der Waals surface area contributed by atoms with E-state index in [-0.39, 0.29) is 24.2 Å². The van der Waals surface area contributed by atoms with E-state index in [0.717, 1.165) is 14.5 Å². The van der Waals surface area contributed by atoms with Gasteiger partial charge in [-0.25, -0.2) is 9.82 Å². The van der Waals surface area contributed by atoms with Crippen molar-refractivity contribution >= 4 is 74.0 Å². The molecule has 0 aliphatic carbocycles. The maximum Gasteiger partial charge on any atom is 0.250 e. The Hall–Kier alpha value is -2.50. The van der Waals surface area contributed by atoms with Crippen LogP contribution in [0.1, 0.15) is 5.56 Å². The minimum Gasteiger partial charge on any atom is -0.495 e. The van der Waals surface area contributed by atoms with Crippen LogP contribution in [-0.4, -0.2) is 42.4 Å². The van der Waals surface area contributed by atoms with Crippen LogP contribution in [0.5, 0.6) is 5.75 Å². The first-order valence-electron chi connectivity index (χ1n) is 8.64. The van der Waals surface area contributed by atoms with E-state index in [1.807, 2.05) is 26.2 Å². The van der Waals surface area contributed by atoms with Gasteiger partial charge in [-0.1, -0.05) is 15.9 Å². The van der Waals surface area contributed by atoms with Crippen LogP contribution >= 0.6 is 44.3 Å². The molecule has 0 bridgehead atoms. The maximum absolute atomic E-state index is 13.1. The van der Waals surface area contributed by atoms with E-state index in [0.29, 0.717) is 23.3 Å². The number of halogens is 4. The summed E-state index contributed by atoms with van der Waals surface area (Å²) < 4.78 is 20.2. The Labute approximate surface area is 202 Å². The van der Waals surface area contributed by atoms with Crippen LogP contribution in [0.3, 0.4) is 0 Å². The lowest BCUT2D eigenvalue weighted by Crippen LogP contribution is -2.15. The SMILES string of the molecule is COc1c(Br)cc(Br)cc1/C=N\Nc1nc(Nc2ccc(F)cc2)nc(N(C)C)n1.Cl. The summed E-state index contributed by atoms with van der Waals surface area (Å²) in [5.74, 6) is 1.28. The molecule has 0 saturated heterocycles. The van der Waals surface area contributed by atoms with Crippen molar-refractivity contribution < 1.29 is 9.13 Å². The van der Waals surface area contributed by atoms with Crippen LogP contribution in [0.2, 0.25) is 0 Å². The number of ether oxygens (including phenoxy) is 1. The quantitative estimate of drug-likeness (QED) is 0.295. The molecule has 31 heavy (non-hydrogen) atoms. The highest BCUT2D eigenvalue weighted by Gasteiger charge is 2.10. The van der Waals surface area contributed by atoms with Crippen molar-refractivity contribution in [1.29, 1.82) is 0 Å². The zero-order chi connectivity index (χ0) is 21.7. The number of benzene rings is 2. The lowest BCUT2D eigenvalue weighted by atomic mass is 10.2. The number of hydrogen-bond acceptors (Lipinski definition) is 8. The van der Waals surface area contributed by atoms with E-state index in [2.05, 4.69) is 62.7 Å². The van der Waals surface area contributed by atoms with Crippen molar-refractivity contribution in [2.45, 2.75) is 0 Å². The Bertz CT molecular complexity index is 1070. The van der Waals surface area contributed by atoms with Crippen molar-refractivity contribution in [3.8, 4) is 5.75 Å². The number of hydrogen-bond donors (Lipinski definition) is 2. The van der Waals surface area contributed by atoms with Crippen LogP contribution < -0.4 is 20.4 Å². The number of methoxy groups -OCH3 is 1. The summed E-state index contributed by atoms with van der Waals surface area (Å²) in [5.41, 5.74) is 4.20. The number of hydrazone groups is 1. The molecule has 0 radical (unpaired) electrons. The molecule has 1 aromatic heterocycles. The van der Waals surface area contributed by atoms with Gasteiger partial charge in [0.15, 0.2) is 0 Å². The van der Waals surface area contributed by atoms with E-state index in [1.165, 1.54) is 12.1 Å². The second-order valence-electron chi connectivity index (χ2n) is 6.19. The first kappa shape index (κ1) is 24.8. The predicted octanol–water partition coefficient (Wildman–Crippen LogP) is 5.22. The van der Waals surface area contributed by atoms with Gasteiger partial charge < -0.3 is 15.0 Å². The molecular formula is C19H19Br2ClFN7O. The second kappa shape index (κ2) is 11.2. The molecule has 3 rings (SSSR count). The molecule has 1 heterocycles. The Morgan fingerprint density at radius 1 is 1.06 bits per heavy atom. The third kappa shape index (κ3) is 6.74. The smallest absolute Gasteiger partial charge is 0.250 e. The van der Waals surface area contributed by atoms with Crippen LogP contribution in [0, 0.1) is 5.82 Å². The molecule has 164 valence electrons. The van der Waals surface area contributed by atoms with Crippen LogP contribution in [0.4, 0.5) is 27.9 Å². The minimum absolute atomic E-state index is 0. The van der Waals surface area contributed by atoms with Gasteiger partial charge in [-0.15, -0.1) is 12.4 Å². The molecule has 0 atom stereocenters. The summed E-state index contributed by atoms with van der Waals surface area (Å²) in [4.78, 5) is 14.7. The van der Waals surface area contributed by atoms with Gasteiger partial charge in [-0.3, -0.25) is 0 Å². The third-order valence-electron chi connectivity index (χ3n) is 3.73. The summed E-state index contributed by atoms with van der Waals surface area (Å²) in [6.45, 7) is 0. The number of aromatic nitrogens is 3. The average Bonchev–Trinajstić information content (AvgIpc) is 2.69. The highest BCUT2D eigenvalue weighted by molar-refractivity contribution is 9.11. The highest BCUT2D eigenvalue weighted by Crippen LogP contribution is 2.31. The molecule has 0 saturated carbocycles. The Morgan fingerprint density at radius 2 is 1.74 bits per heavy atom. The van der Waals surface area contributed by atoms with Crippen molar-refractivity contribution in [3.63, 3.8) is 0 Å². The summed E-state index contributed by atoms with van der Waals surface area (Å²) in [6.07, 6.45) is 1.60. The first-order chi connectivity index (χ1) is 14.4. The molecule has 2 N–H and O–H groups in total. The lowest BCUT2D eigenvalue weighted by Gasteiger charge is -2.13. The largest absolute Gasteiger partial charge is 0.495 e. The van der Waals surface area contributed by atoms with Gasteiger partial charge in [-0.05, 0) is 52.3 Å². The first-order valence-corrected chi connectivity index (χ1v) is 10.2. The van der Waals surface area contributed by atoms with Crippen molar-refractivity contribution in [2.75, 3.05) is 36.8 Å². The van der Waals surface area contributed by atoms with Crippen LogP contribution in [0.15, 0.2) is 50.4 Å². The fourth-order valence-corrected chi connectivity index (χ4v) is 3.80. The fourth-order valence-electron chi connectivity index (χ4n) is 2.38. The highest BCUT2D eigenvalue weighted by atomic mass is 79.9. The van der Waals surface area contributed by atoms with Crippen molar-refractivity contribution in [1.82, 2.24) is 15.0 Å². The van der Waals surface area contributed by atoms with Crippen LogP contribution in [0.25, 0.3) is 0 Å². The number of nitrogens with one attached hydrogen (secondary N) is 2. The monoisotopic (exact) mass is 573 g/mol. The van der Waals surface area contributed by atoms with Gasteiger partial charge in [0.2, 0.25) is 17.8 Å². The molecule has 12 heteroatoms. The Balaban J connectivity index is 0.00000341. The minimum atomic E-state index is -0.323. The summed E-state index contributed by atoms with van der Waals surface area (Å²) >= 11 is 6.90. The van der Waals surface area contributed by atoms with Gasteiger partial charge in [0.05, 0.1) is 17.8 Å². The van der Waals surface area contributed by atoms with Gasteiger partial charge in [0.25, 0.3) is 0 Å². The predicted molar refractivity (Wildman–Crippen MR) is 131 cm³/mol. The van der Waals surface area contributed by atoms with E-state index in [9.17, 15) is 4.39 Å². The molecule has 0 aliphatic heterocycles. The second-order valence-corrected chi connectivity index (χ2v) is 7.96. The molecule has 2 aromatic carbocycles. The van der Waals surface area contributed by atoms with E-state index in [1.54, 1.807) is 30.4 Å². The zero-order valence-corrected chi connectivity index (χ0v) is 20.7. The Kier molecular flexibility index (Phi) is 8.96. The zero-order valence-electron chi connectivity index (χ0n) is 16.7. The topological polar surface area (TPSA) is 87.6 Å². The summed E-state index contributed by atoms with van der Waals surface area (Å²) in [7, 11) is 5.21. The standard InChI is InChI=1S/C19H18Br2FN7O.ClH/c1-29(2)19-26-17(24-14-6-4-13(22)5-7-14)25-18(27-19)28-23-10-11-8-12(20)9-15(21)16(11)30-3;/h4-10H,1-3H3,(H2,24,25,26,27,28);1H/b23-10-;. The van der Waals surface area contributed by atoms with Crippen molar-refractivity contribution in [2.24, 2.45) is 5.10 Å². The number of rotatable bonds is 7. The number of anilines is 4. The third-order valence-corrected chi connectivity index (χ3v) is 4.78. The van der Waals surface area contributed by atoms with Gasteiger partial charge in [-0.2, -0.15) is 20.1 Å². The summed E-state index contributed by atoms with van der Waals surface area (Å²) in [6, 6.07) is 9.64. The van der Waals surface area contributed by atoms with Gasteiger partial charge in [0, 0.05) is 29.8 Å². The molecule has 0 unspecified atom stereocenters. The van der Waals surface area contributed by atoms with E-state index in [4.69, 9.17) is 4.74 Å². The maximum atomic E-state index is 13.1. The van der Waals surface area contributed by atoms with E-state index < -0.39 is 0 Å². The molecule has 8 nitrogen and oxygen atoms in total. The van der Waals surface area contributed by atoms with Crippen molar-refractivity contribution in [3.05, 3.63) is 56.7 Å².